The first kappa shape index (κ1) is 13.5. The third-order valence-electron chi connectivity index (χ3n) is 2.74. The van der Waals surface area contributed by atoms with Gasteiger partial charge in [0.15, 0.2) is 5.65 Å². The van der Waals surface area contributed by atoms with Gasteiger partial charge in [0, 0.05) is 20.4 Å². The first-order valence-corrected chi connectivity index (χ1v) is 5.77. The molecular formula is C13H16N2O4. The maximum atomic E-state index is 11.7. The van der Waals surface area contributed by atoms with Crippen LogP contribution in [0.2, 0.25) is 0 Å². The van der Waals surface area contributed by atoms with Gasteiger partial charge in [-0.05, 0) is 12.1 Å². The van der Waals surface area contributed by atoms with Crippen LogP contribution in [0, 0.1) is 0 Å². The Morgan fingerprint density at radius 2 is 2.00 bits per heavy atom. The van der Waals surface area contributed by atoms with Gasteiger partial charge in [0.25, 0.3) is 0 Å². The fourth-order valence-electron chi connectivity index (χ4n) is 1.95. The van der Waals surface area contributed by atoms with E-state index in [1.807, 2.05) is 10.5 Å². The van der Waals surface area contributed by atoms with E-state index in [0.717, 1.165) is 11.4 Å². The highest BCUT2D eigenvalue weighted by molar-refractivity contribution is 5.96. The van der Waals surface area contributed by atoms with E-state index in [2.05, 4.69) is 4.98 Å². The van der Waals surface area contributed by atoms with E-state index in [0.29, 0.717) is 24.4 Å². The Kier molecular flexibility index (Phi) is 4.13. The molecule has 0 atom stereocenters. The predicted octanol–water partition coefficient (Wildman–Crippen LogP) is 1.41. The molecule has 0 bridgehead atoms. The van der Waals surface area contributed by atoms with Gasteiger partial charge in [-0.3, -0.25) is 0 Å². The molecule has 0 amide bonds. The Labute approximate surface area is 110 Å². The van der Waals surface area contributed by atoms with Crippen molar-refractivity contribution < 1.29 is 19.0 Å². The second-order valence-corrected chi connectivity index (χ2v) is 4.02. The van der Waals surface area contributed by atoms with E-state index in [-0.39, 0.29) is 0 Å². The molecule has 0 aromatic carbocycles. The largest absolute Gasteiger partial charge is 0.465 e. The predicted molar refractivity (Wildman–Crippen MR) is 68.0 cm³/mol. The summed E-state index contributed by atoms with van der Waals surface area (Å²) in [5.41, 5.74) is 2.62. The number of methoxy groups -OCH3 is 3. The Morgan fingerprint density at radius 1 is 1.26 bits per heavy atom. The number of hydrogen-bond donors (Lipinski definition) is 0. The van der Waals surface area contributed by atoms with Crippen molar-refractivity contribution in [3.05, 3.63) is 35.3 Å². The average molecular weight is 264 g/mol. The Balaban J connectivity index is 2.60. The van der Waals surface area contributed by atoms with E-state index in [9.17, 15) is 4.79 Å². The number of ether oxygens (including phenoxy) is 3. The lowest BCUT2D eigenvalue weighted by Crippen LogP contribution is -2.07. The molecule has 6 heteroatoms. The molecular weight excluding hydrogens is 248 g/mol. The van der Waals surface area contributed by atoms with Gasteiger partial charge in [0.1, 0.15) is 5.56 Å². The fourth-order valence-corrected chi connectivity index (χ4v) is 1.95. The van der Waals surface area contributed by atoms with Crippen LogP contribution in [0.15, 0.2) is 18.3 Å². The minimum Gasteiger partial charge on any atom is -0.465 e. The molecule has 6 nitrogen and oxygen atoms in total. The van der Waals surface area contributed by atoms with Gasteiger partial charge in [-0.2, -0.15) is 0 Å². The third-order valence-corrected chi connectivity index (χ3v) is 2.74. The summed E-state index contributed by atoms with van der Waals surface area (Å²) in [7, 11) is 4.56. The molecule has 102 valence electrons. The van der Waals surface area contributed by atoms with Crippen molar-refractivity contribution in [3.63, 3.8) is 0 Å². The van der Waals surface area contributed by atoms with Crippen LogP contribution in [0.3, 0.4) is 0 Å². The number of hydrogen-bond acceptors (Lipinski definition) is 5. The van der Waals surface area contributed by atoms with Crippen LogP contribution in [0.25, 0.3) is 5.65 Å². The maximum Gasteiger partial charge on any atom is 0.341 e. The van der Waals surface area contributed by atoms with Crippen LogP contribution in [0.1, 0.15) is 21.7 Å². The number of carbonyl (C=O) groups is 1. The summed E-state index contributed by atoms with van der Waals surface area (Å²) >= 11 is 0. The topological polar surface area (TPSA) is 62.1 Å². The van der Waals surface area contributed by atoms with Crippen LogP contribution in [-0.2, 0) is 27.4 Å². The first-order valence-electron chi connectivity index (χ1n) is 5.77. The summed E-state index contributed by atoms with van der Waals surface area (Å²) in [6.45, 7) is 0.796. The van der Waals surface area contributed by atoms with Gasteiger partial charge in [-0.25, -0.2) is 9.78 Å². The highest BCUT2D eigenvalue weighted by Gasteiger charge is 2.15. The molecule has 2 heterocycles. The van der Waals surface area contributed by atoms with Crippen LogP contribution >= 0.6 is 0 Å². The summed E-state index contributed by atoms with van der Waals surface area (Å²) in [5.74, 6) is -0.409. The van der Waals surface area contributed by atoms with E-state index in [4.69, 9.17) is 14.2 Å². The molecule has 0 aliphatic heterocycles. The monoisotopic (exact) mass is 264 g/mol. The van der Waals surface area contributed by atoms with Crippen LogP contribution in [0.5, 0.6) is 0 Å². The molecule has 0 saturated carbocycles. The molecule has 0 aliphatic carbocycles. The van der Waals surface area contributed by atoms with E-state index < -0.39 is 5.97 Å². The van der Waals surface area contributed by atoms with Crippen molar-refractivity contribution in [1.82, 2.24) is 9.38 Å². The van der Waals surface area contributed by atoms with E-state index >= 15 is 0 Å². The number of rotatable bonds is 5. The molecule has 0 aliphatic rings. The molecule has 2 aromatic rings. The lowest BCUT2D eigenvalue weighted by molar-refractivity contribution is 0.0603. The third kappa shape index (κ3) is 2.59. The first-order chi connectivity index (χ1) is 9.21. The van der Waals surface area contributed by atoms with Crippen molar-refractivity contribution in [3.8, 4) is 0 Å². The van der Waals surface area contributed by atoms with Crippen LogP contribution < -0.4 is 0 Å². The Hall–Kier alpha value is -1.92. The molecule has 0 N–H and O–H groups in total. The number of fused-ring (bicyclic) bond motifs is 1. The second kappa shape index (κ2) is 5.81. The summed E-state index contributed by atoms with van der Waals surface area (Å²) in [6, 6.07) is 3.57. The number of nitrogens with zero attached hydrogens (tertiary/aromatic N) is 2. The number of esters is 1. The van der Waals surface area contributed by atoms with Gasteiger partial charge < -0.3 is 18.6 Å². The SMILES string of the molecule is COCc1cc(COC)n2ccc(C(=O)OC)c2n1. The molecule has 2 rings (SSSR count). The van der Waals surface area contributed by atoms with Gasteiger partial charge in [0.05, 0.1) is 31.7 Å². The minimum absolute atomic E-state index is 0.374. The van der Waals surface area contributed by atoms with E-state index in [1.54, 1.807) is 26.5 Å². The zero-order chi connectivity index (χ0) is 13.8. The second-order valence-electron chi connectivity index (χ2n) is 4.02. The quantitative estimate of drug-likeness (QED) is 0.764. The van der Waals surface area contributed by atoms with Gasteiger partial charge >= 0.3 is 5.97 Å². The van der Waals surface area contributed by atoms with Crippen molar-refractivity contribution in [2.75, 3.05) is 21.3 Å². The Bertz CT molecular complexity index is 592. The van der Waals surface area contributed by atoms with Gasteiger partial charge in [-0.15, -0.1) is 0 Å². The summed E-state index contributed by atoms with van der Waals surface area (Å²) in [5, 5.41) is 0. The number of aromatic nitrogens is 2. The Morgan fingerprint density at radius 3 is 2.63 bits per heavy atom. The van der Waals surface area contributed by atoms with Crippen molar-refractivity contribution >= 4 is 11.6 Å². The highest BCUT2D eigenvalue weighted by Crippen LogP contribution is 2.16. The van der Waals surface area contributed by atoms with Gasteiger partial charge in [0.2, 0.25) is 0 Å². The maximum absolute atomic E-state index is 11.7. The number of carbonyl (C=O) groups excluding carboxylic acids is 1. The van der Waals surface area contributed by atoms with Crippen molar-refractivity contribution in [2.24, 2.45) is 0 Å². The molecule has 19 heavy (non-hydrogen) atoms. The molecule has 0 radical (unpaired) electrons. The lowest BCUT2D eigenvalue weighted by Gasteiger charge is -2.08. The van der Waals surface area contributed by atoms with Crippen molar-refractivity contribution in [2.45, 2.75) is 13.2 Å². The van der Waals surface area contributed by atoms with E-state index in [1.165, 1.54) is 7.11 Å². The van der Waals surface area contributed by atoms with Crippen molar-refractivity contribution in [1.29, 1.82) is 0 Å². The highest BCUT2D eigenvalue weighted by atomic mass is 16.5. The fraction of sp³-hybridized carbons (Fsp3) is 0.385. The summed E-state index contributed by atoms with van der Waals surface area (Å²) < 4.78 is 16.8. The zero-order valence-corrected chi connectivity index (χ0v) is 11.2. The molecule has 2 aromatic heterocycles. The zero-order valence-electron chi connectivity index (χ0n) is 11.2. The minimum atomic E-state index is -0.409. The average Bonchev–Trinajstić information content (AvgIpc) is 2.82. The normalized spacial score (nSPS) is 10.9. The summed E-state index contributed by atoms with van der Waals surface area (Å²) in [4.78, 5) is 16.1. The molecule has 0 fully saturated rings. The summed E-state index contributed by atoms with van der Waals surface area (Å²) in [6.07, 6.45) is 1.78. The lowest BCUT2D eigenvalue weighted by atomic mass is 10.3. The standard InChI is InChI=1S/C13H16N2O4/c1-17-7-9-6-10(8-18-2)15-5-4-11(12(15)14-9)13(16)19-3/h4-6H,7-8H2,1-3H3. The molecule has 0 spiro atoms. The van der Waals surface area contributed by atoms with Gasteiger partial charge in [-0.1, -0.05) is 0 Å². The van der Waals surface area contributed by atoms with Crippen LogP contribution in [-0.4, -0.2) is 36.7 Å². The molecule has 0 saturated heterocycles. The molecule has 0 unspecified atom stereocenters. The van der Waals surface area contributed by atoms with Crippen LogP contribution in [0.4, 0.5) is 0 Å². The smallest absolute Gasteiger partial charge is 0.341 e.